The smallest absolute Gasteiger partial charge is 0.263 e. The average molecular weight is 551 g/mol. The second-order valence-corrected chi connectivity index (χ2v) is 12.9. The van der Waals surface area contributed by atoms with Crippen LogP contribution in [0.15, 0.2) is 58.5 Å². The number of benzene rings is 2. The van der Waals surface area contributed by atoms with Crippen molar-refractivity contribution in [2.45, 2.75) is 51.5 Å². The monoisotopic (exact) mass is 550 g/mol. The highest BCUT2D eigenvalue weighted by Gasteiger charge is 2.26. The van der Waals surface area contributed by atoms with Crippen LogP contribution in [0.3, 0.4) is 0 Å². The maximum atomic E-state index is 13.5. The normalized spacial score (nSPS) is 14.6. The minimum absolute atomic E-state index is 0.204. The Morgan fingerprint density at radius 3 is 2.39 bits per heavy atom. The maximum Gasteiger partial charge on any atom is 0.263 e. The number of aromatic nitrogens is 2. The predicted octanol–water partition coefficient (Wildman–Crippen LogP) is 4.86. The molecule has 0 bridgehead atoms. The first-order chi connectivity index (χ1) is 18.1. The molecule has 1 aliphatic heterocycles. The number of hydrogen-bond donors (Lipinski definition) is 1. The second-order valence-electron chi connectivity index (χ2n) is 9.73. The second kappa shape index (κ2) is 10.4. The van der Waals surface area contributed by atoms with E-state index in [9.17, 15) is 18.0 Å². The third-order valence-electron chi connectivity index (χ3n) is 7.06. The SMILES string of the molecule is Cc1ccc(-c2c(C)sc3ncn(CC(=O)Nc4ccc(S(=O)(=O)N5CCCCC5)cc4)c(=O)c23)cc1C. The number of nitrogens with zero attached hydrogens (tertiary/aromatic N) is 3. The number of amides is 1. The fraction of sp³-hybridized carbons (Fsp3) is 0.321. The number of carbonyl (C=O) groups excluding carboxylic acids is 1. The first-order valence-electron chi connectivity index (χ1n) is 12.6. The molecule has 8 nitrogen and oxygen atoms in total. The van der Waals surface area contributed by atoms with E-state index in [4.69, 9.17) is 0 Å². The summed E-state index contributed by atoms with van der Waals surface area (Å²) in [5.41, 5.74) is 4.31. The summed E-state index contributed by atoms with van der Waals surface area (Å²) in [6.45, 7) is 6.91. The molecular weight excluding hydrogens is 520 g/mol. The molecule has 0 spiro atoms. The number of aryl methyl sites for hydroxylation is 3. The highest BCUT2D eigenvalue weighted by molar-refractivity contribution is 7.89. The number of sulfonamides is 1. The Kier molecular flexibility index (Phi) is 7.21. The van der Waals surface area contributed by atoms with Crippen LogP contribution in [0.2, 0.25) is 0 Å². The van der Waals surface area contributed by atoms with Crippen molar-refractivity contribution >= 4 is 43.2 Å². The largest absolute Gasteiger partial charge is 0.325 e. The van der Waals surface area contributed by atoms with Crippen molar-refractivity contribution in [1.29, 1.82) is 0 Å². The van der Waals surface area contributed by atoms with Gasteiger partial charge in [0.15, 0.2) is 0 Å². The van der Waals surface area contributed by atoms with Gasteiger partial charge in [-0.05, 0) is 74.6 Å². The lowest BCUT2D eigenvalue weighted by atomic mass is 9.99. The third-order valence-corrected chi connectivity index (χ3v) is 9.98. The van der Waals surface area contributed by atoms with Gasteiger partial charge in [0.1, 0.15) is 11.4 Å². The molecule has 38 heavy (non-hydrogen) atoms. The van der Waals surface area contributed by atoms with Crippen LogP contribution in [0.4, 0.5) is 5.69 Å². The molecular formula is C28H30N4O4S2. The molecule has 5 rings (SSSR count). The van der Waals surface area contributed by atoms with Gasteiger partial charge in [0.05, 0.1) is 16.6 Å². The molecule has 0 atom stereocenters. The molecule has 3 heterocycles. The molecule has 1 fully saturated rings. The number of piperidine rings is 1. The number of anilines is 1. The van der Waals surface area contributed by atoms with Gasteiger partial charge in [0.2, 0.25) is 15.9 Å². The summed E-state index contributed by atoms with van der Waals surface area (Å²) >= 11 is 1.46. The maximum absolute atomic E-state index is 13.5. The Morgan fingerprint density at radius 2 is 1.71 bits per heavy atom. The zero-order chi connectivity index (χ0) is 27.0. The highest BCUT2D eigenvalue weighted by atomic mass is 32.2. The molecule has 1 saturated heterocycles. The fourth-order valence-corrected chi connectivity index (χ4v) is 7.33. The number of thiophene rings is 1. The quantitative estimate of drug-likeness (QED) is 0.369. The van der Waals surface area contributed by atoms with Gasteiger partial charge in [-0.15, -0.1) is 11.3 Å². The number of nitrogens with one attached hydrogen (secondary N) is 1. The summed E-state index contributed by atoms with van der Waals surface area (Å²) in [6, 6.07) is 12.3. The van der Waals surface area contributed by atoms with E-state index >= 15 is 0 Å². The molecule has 0 radical (unpaired) electrons. The van der Waals surface area contributed by atoms with Gasteiger partial charge in [-0.1, -0.05) is 24.6 Å². The Bertz CT molecular complexity index is 1680. The Morgan fingerprint density at radius 1 is 1.00 bits per heavy atom. The summed E-state index contributed by atoms with van der Waals surface area (Å²) < 4.78 is 28.6. The number of fused-ring (bicyclic) bond motifs is 1. The summed E-state index contributed by atoms with van der Waals surface area (Å²) in [4.78, 5) is 32.6. The van der Waals surface area contributed by atoms with Crippen LogP contribution in [0, 0.1) is 20.8 Å². The van der Waals surface area contributed by atoms with Gasteiger partial charge in [-0.25, -0.2) is 13.4 Å². The van der Waals surface area contributed by atoms with Crippen molar-refractivity contribution in [2.75, 3.05) is 18.4 Å². The molecule has 0 unspecified atom stereocenters. The average Bonchev–Trinajstić information content (AvgIpc) is 3.25. The van der Waals surface area contributed by atoms with E-state index in [1.807, 2.05) is 32.9 Å². The van der Waals surface area contributed by atoms with E-state index in [0.29, 0.717) is 29.0 Å². The van der Waals surface area contributed by atoms with Crippen molar-refractivity contribution in [3.63, 3.8) is 0 Å². The van der Waals surface area contributed by atoms with Crippen molar-refractivity contribution < 1.29 is 13.2 Å². The van der Waals surface area contributed by atoms with Crippen molar-refractivity contribution in [3.8, 4) is 11.1 Å². The molecule has 2 aromatic carbocycles. The number of carbonyl (C=O) groups is 1. The van der Waals surface area contributed by atoms with Crippen LogP contribution in [0.25, 0.3) is 21.3 Å². The molecule has 1 aliphatic rings. The van der Waals surface area contributed by atoms with Crippen LogP contribution in [-0.2, 0) is 21.4 Å². The van der Waals surface area contributed by atoms with Gasteiger partial charge >= 0.3 is 0 Å². The minimum atomic E-state index is -3.54. The number of hydrogen-bond acceptors (Lipinski definition) is 6. The molecule has 0 saturated carbocycles. The van der Waals surface area contributed by atoms with Gasteiger partial charge in [-0.3, -0.25) is 14.2 Å². The summed E-state index contributed by atoms with van der Waals surface area (Å²) in [7, 11) is -3.54. The summed E-state index contributed by atoms with van der Waals surface area (Å²) in [5.74, 6) is -0.403. The van der Waals surface area contributed by atoms with Crippen molar-refractivity contribution in [2.24, 2.45) is 0 Å². The van der Waals surface area contributed by atoms with Crippen LogP contribution < -0.4 is 10.9 Å². The zero-order valence-corrected chi connectivity index (χ0v) is 23.3. The zero-order valence-electron chi connectivity index (χ0n) is 21.7. The van der Waals surface area contributed by atoms with E-state index < -0.39 is 15.9 Å². The van der Waals surface area contributed by atoms with Gasteiger partial charge in [0.25, 0.3) is 5.56 Å². The fourth-order valence-electron chi connectivity index (χ4n) is 4.81. The lowest BCUT2D eigenvalue weighted by molar-refractivity contribution is -0.116. The van der Waals surface area contributed by atoms with E-state index in [0.717, 1.165) is 40.8 Å². The standard InChI is InChI=1S/C28H30N4O4S2/c1-18-7-8-21(15-19(18)2)25-20(3)37-27-26(25)28(34)31(17-29-27)16-24(33)30-22-9-11-23(12-10-22)38(35,36)32-13-5-4-6-14-32/h7-12,15,17H,4-6,13-14,16H2,1-3H3,(H,30,33). The Labute approximate surface area is 226 Å². The minimum Gasteiger partial charge on any atom is -0.325 e. The van der Waals surface area contributed by atoms with E-state index in [1.54, 1.807) is 12.1 Å². The van der Waals surface area contributed by atoms with Crippen LogP contribution in [0.5, 0.6) is 0 Å². The van der Waals surface area contributed by atoms with Crippen molar-refractivity contribution in [3.05, 3.63) is 75.1 Å². The Balaban J connectivity index is 1.36. The highest BCUT2D eigenvalue weighted by Crippen LogP contribution is 2.36. The summed E-state index contributed by atoms with van der Waals surface area (Å²) in [5, 5.41) is 3.27. The topological polar surface area (TPSA) is 101 Å². The molecule has 198 valence electrons. The van der Waals surface area contributed by atoms with Gasteiger partial charge in [0, 0.05) is 29.2 Å². The van der Waals surface area contributed by atoms with Crippen LogP contribution in [-0.4, -0.2) is 41.3 Å². The van der Waals surface area contributed by atoms with E-state index in [-0.39, 0.29) is 17.0 Å². The molecule has 4 aromatic rings. The third kappa shape index (κ3) is 5.03. The van der Waals surface area contributed by atoms with Crippen molar-refractivity contribution in [1.82, 2.24) is 13.9 Å². The summed E-state index contributed by atoms with van der Waals surface area (Å²) in [6.07, 6.45) is 4.18. The first kappa shape index (κ1) is 26.3. The Hall–Kier alpha value is -3.34. The molecule has 2 aromatic heterocycles. The lowest BCUT2D eigenvalue weighted by Crippen LogP contribution is -2.35. The van der Waals surface area contributed by atoms with Gasteiger partial charge in [-0.2, -0.15) is 4.31 Å². The first-order valence-corrected chi connectivity index (χ1v) is 14.9. The molecule has 1 amide bonds. The van der Waals surface area contributed by atoms with Crippen LogP contribution >= 0.6 is 11.3 Å². The molecule has 10 heteroatoms. The molecule has 0 aliphatic carbocycles. The number of rotatable bonds is 6. The van der Waals surface area contributed by atoms with E-state index in [2.05, 4.69) is 16.4 Å². The predicted molar refractivity (Wildman–Crippen MR) is 151 cm³/mol. The van der Waals surface area contributed by atoms with Crippen LogP contribution in [0.1, 0.15) is 35.3 Å². The lowest BCUT2D eigenvalue weighted by Gasteiger charge is -2.25. The molecule has 1 N–H and O–H groups in total. The van der Waals surface area contributed by atoms with Gasteiger partial charge < -0.3 is 5.32 Å². The van der Waals surface area contributed by atoms with E-state index in [1.165, 1.54) is 44.2 Å².